The second-order valence-corrected chi connectivity index (χ2v) is 14.2. The number of para-hydroxylation sites is 1. The predicted octanol–water partition coefficient (Wildman–Crippen LogP) is 7.28. The third-order valence-electron chi connectivity index (χ3n) is 8.81. The Balaban J connectivity index is 1.46. The van der Waals surface area contributed by atoms with Gasteiger partial charge in [0.25, 0.3) is 10.0 Å². The van der Waals surface area contributed by atoms with Crippen LogP contribution in [0, 0.1) is 6.92 Å². The number of sulfonamides is 1. The molecule has 1 unspecified atom stereocenters. The highest BCUT2D eigenvalue weighted by Crippen LogP contribution is 2.29. The summed E-state index contributed by atoms with van der Waals surface area (Å²) in [5, 5.41) is 3.20. The lowest BCUT2D eigenvalue weighted by molar-refractivity contribution is -0.140. The van der Waals surface area contributed by atoms with Crippen molar-refractivity contribution in [3.8, 4) is 11.5 Å². The topological polar surface area (TPSA) is 96.0 Å². The highest BCUT2D eigenvalue weighted by molar-refractivity contribution is 7.92. The molecule has 4 aromatic rings. The van der Waals surface area contributed by atoms with Gasteiger partial charge in [0, 0.05) is 12.6 Å². The van der Waals surface area contributed by atoms with Crippen molar-refractivity contribution < 1.29 is 22.7 Å². The fourth-order valence-electron chi connectivity index (χ4n) is 6.11. The van der Waals surface area contributed by atoms with Crippen LogP contribution in [0.1, 0.15) is 56.6 Å². The zero-order valence-electron chi connectivity index (χ0n) is 27.8. The summed E-state index contributed by atoms with van der Waals surface area (Å²) in [6.45, 7) is 3.57. The maximum atomic E-state index is 14.4. The molecule has 0 saturated heterocycles. The fraction of sp³-hybridized carbons (Fsp3) is 0.333. The van der Waals surface area contributed by atoms with Gasteiger partial charge < -0.3 is 15.0 Å². The highest BCUT2D eigenvalue weighted by Gasteiger charge is 2.34. The van der Waals surface area contributed by atoms with Crippen molar-refractivity contribution in [3.05, 3.63) is 120 Å². The van der Waals surface area contributed by atoms with Crippen LogP contribution in [-0.4, -0.2) is 50.3 Å². The van der Waals surface area contributed by atoms with Crippen LogP contribution >= 0.6 is 0 Å². The number of benzene rings is 4. The summed E-state index contributed by atoms with van der Waals surface area (Å²) in [4.78, 5) is 29.8. The molecule has 1 N–H and O–H groups in total. The van der Waals surface area contributed by atoms with E-state index in [-0.39, 0.29) is 23.4 Å². The van der Waals surface area contributed by atoms with E-state index < -0.39 is 28.5 Å². The van der Waals surface area contributed by atoms with E-state index in [9.17, 15) is 18.0 Å². The van der Waals surface area contributed by atoms with Crippen LogP contribution < -0.4 is 14.4 Å². The van der Waals surface area contributed by atoms with Crippen molar-refractivity contribution in [1.82, 2.24) is 10.2 Å². The maximum Gasteiger partial charge on any atom is 0.264 e. The molecule has 1 saturated carbocycles. The van der Waals surface area contributed by atoms with Crippen LogP contribution in [-0.2, 0) is 26.0 Å². The van der Waals surface area contributed by atoms with Crippen LogP contribution in [0.3, 0.4) is 0 Å². The van der Waals surface area contributed by atoms with Gasteiger partial charge in [0.2, 0.25) is 11.8 Å². The Morgan fingerprint density at radius 3 is 2.04 bits per heavy atom. The average Bonchev–Trinajstić information content (AvgIpc) is 3.10. The maximum absolute atomic E-state index is 14.4. The van der Waals surface area contributed by atoms with Gasteiger partial charge in [0.1, 0.15) is 24.1 Å². The van der Waals surface area contributed by atoms with E-state index in [1.54, 1.807) is 53.4 Å². The molecule has 252 valence electrons. The normalized spacial score (nSPS) is 14.1. The molecule has 0 bridgehead atoms. The summed E-state index contributed by atoms with van der Waals surface area (Å²) in [5.74, 6) is 0.535. The number of aryl methyl sites for hydroxylation is 1. The number of hydrogen-bond acceptors (Lipinski definition) is 5. The van der Waals surface area contributed by atoms with Gasteiger partial charge in [-0.3, -0.25) is 13.9 Å². The molecule has 8 nitrogen and oxygen atoms in total. The number of ether oxygens (including phenoxy) is 1. The predicted molar refractivity (Wildman–Crippen MR) is 190 cm³/mol. The van der Waals surface area contributed by atoms with E-state index in [1.807, 2.05) is 74.5 Å². The molecule has 0 spiro atoms. The van der Waals surface area contributed by atoms with Crippen LogP contribution in [0.4, 0.5) is 5.69 Å². The van der Waals surface area contributed by atoms with E-state index in [1.165, 1.54) is 0 Å². The van der Waals surface area contributed by atoms with Gasteiger partial charge in [-0.05, 0) is 86.7 Å². The summed E-state index contributed by atoms with van der Waals surface area (Å²) in [7, 11) is -4.17. The second-order valence-electron chi connectivity index (χ2n) is 12.3. The average molecular weight is 668 g/mol. The van der Waals surface area contributed by atoms with Crippen molar-refractivity contribution in [2.24, 2.45) is 0 Å². The molecule has 0 radical (unpaired) electrons. The molecular formula is C39H45N3O5S. The first-order chi connectivity index (χ1) is 23.2. The van der Waals surface area contributed by atoms with Gasteiger partial charge in [-0.2, -0.15) is 0 Å². The smallest absolute Gasteiger partial charge is 0.264 e. The minimum Gasteiger partial charge on any atom is -0.457 e. The van der Waals surface area contributed by atoms with Crippen LogP contribution in [0.25, 0.3) is 0 Å². The monoisotopic (exact) mass is 667 g/mol. The number of nitrogens with zero attached hydrogens (tertiary/aromatic N) is 2. The van der Waals surface area contributed by atoms with Gasteiger partial charge in [0.15, 0.2) is 0 Å². The lowest BCUT2D eigenvalue weighted by Crippen LogP contribution is -2.54. The Hall–Kier alpha value is -4.63. The number of amides is 2. The minimum atomic E-state index is -4.17. The first-order valence-electron chi connectivity index (χ1n) is 16.8. The molecular weight excluding hydrogens is 623 g/mol. The van der Waals surface area contributed by atoms with Crippen molar-refractivity contribution in [3.63, 3.8) is 0 Å². The third kappa shape index (κ3) is 9.04. The van der Waals surface area contributed by atoms with Gasteiger partial charge >= 0.3 is 0 Å². The number of nitrogens with one attached hydrogen (secondary N) is 1. The van der Waals surface area contributed by atoms with E-state index in [0.29, 0.717) is 30.0 Å². The lowest BCUT2D eigenvalue weighted by Gasteiger charge is -2.34. The summed E-state index contributed by atoms with van der Waals surface area (Å²) < 4.78 is 35.5. The molecule has 0 heterocycles. The SMILES string of the molecule is CCC(C(=O)NC1CCCCC1)N(CCc1ccccc1)C(=O)CN(c1ccc(Oc2ccccc2)cc1)S(=O)(=O)c1ccc(C)cc1. The number of carbonyl (C=O) groups excluding carboxylic acids is 2. The van der Waals surface area contributed by atoms with E-state index >= 15 is 0 Å². The molecule has 4 aromatic carbocycles. The van der Waals surface area contributed by atoms with Gasteiger partial charge in [-0.1, -0.05) is 92.4 Å². The Morgan fingerprint density at radius 2 is 1.42 bits per heavy atom. The minimum absolute atomic E-state index is 0.0726. The Bertz CT molecular complexity index is 1720. The quantitative estimate of drug-likeness (QED) is 0.153. The molecule has 1 aliphatic rings. The number of rotatable bonds is 14. The van der Waals surface area contributed by atoms with Crippen LogP contribution in [0.5, 0.6) is 11.5 Å². The molecule has 1 fully saturated rings. The van der Waals surface area contributed by atoms with Crippen molar-refractivity contribution in [1.29, 1.82) is 0 Å². The van der Waals surface area contributed by atoms with E-state index in [4.69, 9.17) is 4.74 Å². The number of anilines is 1. The first-order valence-corrected chi connectivity index (χ1v) is 18.2. The molecule has 1 atom stereocenters. The van der Waals surface area contributed by atoms with Crippen molar-refractivity contribution in [2.45, 2.75) is 75.8 Å². The summed E-state index contributed by atoms with van der Waals surface area (Å²) in [6.07, 6.45) is 6.07. The molecule has 5 rings (SSSR count). The lowest BCUT2D eigenvalue weighted by atomic mass is 9.95. The zero-order valence-corrected chi connectivity index (χ0v) is 28.6. The Labute approximate surface area is 284 Å². The van der Waals surface area contributed by atoms with E-state index in [0.717, 1.165) is 47.5 Å². The standard InChI is InChI=1S/C39H45N3O5S/c1-3-37(39(44)40-32-15-9-5-10-16-32)41(28-27-31-13-7-4-8-14-31)38(43)29-42(48(45,46)36-25-19-30(2)20-26-36)33-21-23-35(24-22-33)47-34-17-11-6-12-18-34/h4,6-8,11-14,17-26,32,37H,3,5,9-10,15-16,27-29H2,1-2H3,(H,40,44). The Kier molecular flexibility index (Phi) is 11.9. The summed E-state index contributed by atoms with van der Waals surface area (Å²) >= 11 is 0. The number of hydrogen-bond donors (Lipinski definition) is 1. The first kappa shape index (κ1) is 34.7. The Morgan fingerprint density at radius 1 is 0.812 bits per heavy atom. The molecule has 1 aliphatic carbocycles. The van der Waals surface area contributed by atoms with Gasteiger partial charge in [-0.25, -0.2) is 8.42 Å². The van der Waals surface area contributed by atoms with Gasteiger partial charge in [0.05, 0.1) is 10.6 Å². The molecule has 2 amide bonds. The largest absolute Gasteiger partial charge is 0.457 e. The zero-order chi connectivity index (χ0) is 33.9. The molecule has 0 aromatic heterocycles. The highest BCUT2D eigenvalue weighted by atomic mass is 32.2. The van der Waals surface area contributed by atoms with E-state index in [2.05, 4.69) is 5.32 Å². The van der Waals surface area contributed by atoms with Crippen LogP contribution in [0.2, 0.25) is 0 Å². The van der Waals surface area contributed by atoms with Crippen molar-refractivity contribution >= 4 is 27.5 Å². The van der Waals surface area contributed by atoms with Crippen LogP contribution in [0.15, 0.2) is 114 Å². The summed E-state index contributed by atoms with van der Waals surface area (Å²) in [5.41, 5.74) is 2.25. The fourth-order valence-corrected chi connectivity index (χ4v) is 7.53. The number of carbonyl (C=O) groups is 2. The summed E-state index contributed by atoms with van der Waals surface area (Å²) in [6, 6.07) is 31.6. The molecule has 9 heteroatoms. The third-order valence-corrected chi connectivity index (χ3v) is 10.6. The van der Waals surface area contributed by atoms with Crippen molar-refractivity contribution in [2.75, 3.05) is 17.4 Å². The van der Waals surface area contributed by atoms with Gasteiger partial charge in [-0.15, -0.1) is 0 Å². The molecule has 0 aliphatic heterocycles. The second kappa shape index (κ2) is 16.5. The molecule has 48 heavy (non-hydrogen) atoms.